The van der Waals surface area contributed by atoms with Crippen LogP contribution in [0.3, 0.4) is 0 Å². The van der Waals surface area contributed by atoms with Gasteiger partial charge in [-0.05, 0) is 0 Å². The third kappa shape index (κ3) is 7.00. The first-order chi connectivity index (χ1) is 6.22. The summed E-state index contributed by atoms with van der Waals surface area (Å²) in [6.07, 6.45) is 0.410. The van der Waals surface area contributed by atoms with Crippen molar-refractivity contribution in [3.8, 4) is 0 Å². The minimum Gasteiger partial charge on any atom is -0.478 e. The van der Waals surface area contributed by atoms with Crippen LogP contribution in [0.5, 0.6) is 0 Å². The molecule has 0 aromatic heterocycles. The molecule has 0 atom stereocenters. The lowest BCUT2D eigenvalue weighted by Crippen LogP contribution is -2.11. The second-order valence-electron chi connectivity index (χ2n) is 2.35. The molecule has 80 valence electrons. The SMILES string of the molecule is CC(=O)OC=C(CC(Cl)(Cl)Cl)C(=O)O. The van der Waals surface area contributed by atoms with Crippen LogP contribution in [0, 0.1) is 0 Å². The fourth-order valence-electron chi connectivity index (χ4n) is 0.538. The highest BCUT2D eigenvalue weighted by Gasteiger charge is 2.25. The van der Waals surface area contributed by atoms with Crippen LogP contribution in [0.2, 0.25) is 0 Å². The molecule has 0 heterocycles. The Kier molecular flexibility index (Phi) is 5.26. The molecule has 0 saturated carbocycles. The molecule has 0 saturated heterocycles. The monoisotopic (exact) mass is 260 g/mol. The van der Waals surface area contributed by atoms with Crippen LogP contribution in [0.25, 0.3) is 0 Å². The van der Waals surface area contributed by atoms with Crippen molar-refractivity contribution < 1.29 is 19.4 Å². The smallest absolute Gasteiger partial charge is 0.334 e. The van der Waals surface area contributed by atoms with Gasteiger partial charge >= 0.3 is 11.9 Å². The van der Waals surface area contributed by atoms with Crippen LogP contribution >= 0.6 is 34.8 Å². The number of hydrogen-bond donors (Lipinski definition) is 1. The maximum absolute atomic E-state index is 10.6. The largest absolute Gasteiger partial charge is 0.478 e. The molecule has 1 N–H and O–H groups in total. The Morgan fingerprint density at radius 1 is 1.43 bits per heavy atom. The number of carbonyl (C=O) groups excluding carboxylic acids is 1. The summed E-state index contributed by atoms with van der Waals surface area (Å²) in [5.74, 6) is -1.95. The summed E-state index contributed by atoms with van der Waals surface area (Å²) in [5, 5.41) is 8.61. The van der Waals surface area contributed by atoms with Crippen LogP contribution in [-0.2, 0) is 14.3 Å². The summed E-state index contributed by atoms with van der Waals surface area (Å²) in [7, 11) is 0. The predicted octanol–water partition coefficient (Wildman–Crippen LogP) is 2.28. The van der Waals surface area contributed by atoms with E-state index in [0.29, 0.717) is 0 Å². The summed E-state index contributed by atoms with van der Waals surface area (Å²) in [6.45, 7) is 1.13. The molecule has 0 fully saturated rings. The highest BCUT2D eigenvalue weighted by Crippen LogP contribution is 2.33. The van der Waals surface area contributed by atoms with Crippen LogP contribution in [0.4, 0.5) is 0 Å². The third-order valence-corrected chi connectivity index (χ3v) is 1.43. The van der Waals surface area contributed by atoms with E-state index in [2.05, 4.69) is 4.74 Å². The third-order valence-electron chi connectivity index (χ3n) is 1.03. The first-order valence-electron chi connectivity index (χ1n) is 3.38. The first kappa shape index (κ1) is 13.5. The Labute approximate surface area is 95.4 Å². The molecular formula is C7H7Cl3O4. The average Bonchev–Trinajstić information content (AvgIpc) is 1.94. The number of alkyl halides is 3. The van der Waals surface area contributed by atoms with E-state index in [9.17, 15) is 9.59 Å². The normalized spacial score (nSPS) is 12.4. The van der Waals surface area contributed by atoms with Crippen molar-refractivity contribution in [3.63, 3.8) is 0 Å². The molecule has 0 aromatic rings. The number of carboxylic acid groups (broad SMARTS) is 1. The van der Waals surface area contributed by atoms with E-state index >= 15 is 0 Å². The van der Waals surface area contributed by atoms with Gasteiger partial charge in [0.25, 0.3) is 0 Å². The standard InChI is InChI=1S/C7H7Cl3O4/c1-4(11)14-3-5(6(12)13)2-7(8,9)10/h3H,2H2,1H3,(H,12,13). The van der Waals surface area contributed by atoms with Crippen LogP contribution in [-0.4, -0.2) is 20.8 Å². The first-order valence-corrected chi connectivity index (χ1v) is 4.52. The summed E-state index contributed by atoms with van der Waals surface area (Å²) >= 11 is 16.1. The van der Waals surface area contributed by atoms with Gasteiger partial charge in [0.15, 0.2) is 3.79 Å². The van der Waals surface area contributed by atoms with E-state index in [1.165, 1.54) is 0 Å². The number of aliphatic carboxylic acids is 1. The molecule has 0 radical (unpaired) electrons. The average molecular weight is 261 g/mol. The highest BCUT2D eigenvalue weighted by molar-refractivity contribution is 6.67. The summed E-state index contributed by atoms with van der Waals surface area (Å²) in [5.41, 5.74) is -0.291. The lowest BCUT2D eigenvalue weighted by Gasteiger charge is -2.10. The lowest BCUT2D eigenvalue weighted by atomic mass is 10.2. The minimum absolute atomic E-state index is 0.291. The van der Waals surface area contributed by atoms with Crippen molar-refractivity contribution in [2.24, 2.45) is 0 Å². The van der Waals surface area contributed by atoms with Crippen molar-refractivity contribution in [1.82, 2.24) is 0 Å². The molecule has 0 spiro atoms. The number of rotatable bonds is 3. The van der Waals surface area contributed by atoms with Crippen LogP contribution in [0.1, 0.15) is 13.3 Å². The molecular weight excluding hydrogens is 254 g/mol. The Morgan fingerprint density at radius 2 is 1.93 bits per heavy atom. The topological polar surface area (TPSA) is 63.6 Å². The Bertz CT molecular complexity index is 267. The van der Waals surface area contributed by atoms with Crippen LogP contribution in [0.15, 0.2) is 11.8 Å². The predicted molar refractivity (Wildman–Crippen MR) is 52.4 cm³/mol. The molecule has 0 bridgehead atoms. The zero-order chi connectivity index (χ0) is 11.4. The van der Waals surface area contributed by atoms with Gasteiger partial charge in [-0.3, -0.25) is 4.79 Å². The number of ether oxygens (including phenoxy) is 1. The maximum Gasteiger partial charge on any atom is 0.334 e. The molecule has 14 heavy (non-hydrogen) atoms. The van der Waals surface area contributed by atoms with Crippen molar-refractivity contribution in [1.29, 1.82) is 0 Å². The second-order valence-corrected chi connectivity index (χ2v) is 4.87. The molecule has 0 aromatic carbocycles. The molecule has 7 heteroatoms. The molecule has 0 aliphatic rings. The zero-order valence-corrected chi connectivity index (χ0v) is 9.36. The van der Waals surface area contributed by atoms with Gasteiger partial charge in [-0.25, -0.2) is 4.79 Å². The Hall–Kier alpha value is -0.450. The van der Waals surface area contributed by atoms with Gasteiger partial charge in [0.2, 0.25) is 0 Å². The number of halogens is 3. The molecule has 0 amide bonds. The fourth-order valence-corrected chi connectivity index (χ4v) is 0.970. The van der Waals surface area contributed by atoms with Gasteiger partial charge < -0.3 is 9.84 Å². The van der Waals surface area contributed by atoms with Crippen molar-refractivity contribution >= 4 is 46.7 Å². The molecule has 0 unspecified atom stereocenters. The lowest BCUT2D eigenvalue weighted by molar-refractivity contribution is -0.135. The summed E-state index contributed by atoms with van der Waals surface area (Å²) in [6, 6.07) is 0. The second kappa shape index (κ2) is 5.44. The van der Waals surface area contributed by atoms with Gasteiger partial charge in [-0.2, -0.15) is 0 Å². The van der Waals surface area contributed by atoms with E-state index in [1.807, 2.05) is 0 Å². The quantitative estimate of drug-likeness (QED) is 0.366. The van der Waals surface area contributed by atoms with Crippen molar-refractivity contribution in [3.05, 3.63) is 11.8 Å². The molecule has 0 aliphatic carbocycles. The van der Waals surface area contributed by atoms with E-state index in [4.69, 9.17) is 39.9 Å². The van der Waals surface area contributed by atoms with E-state index in [-0.39, 0.29) is 12.0 Å². The summed E-state index contributed by atoms with van der Waals surface area (Å²) < 4.78 is 2.62. The van der Waals surface area contributed by atoms with E-state index in [0.717, 1.165) is 13.2 Å². The molecule has 0 rings (SSSR count). The van der Waals surface area contributed by atoms with Gasteiger partial charge in [-0.15, -0.1) is 0 Å². The van der Waals surface area contributed by atoms with Crippen molar-refractivity contribution in [2.75, 3.05) is 0 Å². The number of esters is 1. The maximum atomic E-state index is 10.6. The summed E-state index contributed by atoms with van der Waals surface area (Å²) in [4.78, 5) is 20.9. The van der Waals surface area contributed by atoms with Gasteiger partial charge in [0.1, 0.15) is 6.26 Å². The number of carboxylic acids is 1. The molecule has 4 nitrogen and oxygen atoms in total. The van der Waals surface area contributed by atoms with Crippen molar-refractivity contribution in [2.45, 2.75) is 17.1 Å². The number of carbonyl (C=O) groups is 2. The Balaban J connectivity index is 4.53. The van der Waals surface area contributed by atoms with E-state index in [1.54, 1.807) is 0 Å². The van der Waals surface area contributed by atoms with Gasteiger partial charge in [0.05, 0.1) is 5.57 Å². The molecule has 0 aliphatic heterocycles. The van der Waals surface area contributed by atoms with Gasteiger partial charge in [-0.1, -0.05) is 34.8 Å². The fraction of sp³-hybridized carbons (Fsp3) is 0.429. The van der Waals surface area contributed by atoms with E-state index < -0.39 is 15.7 Å². The van der Waals surface area contributed by atoms with Crippen LogP contribution < -0.4 is 0 Å². The van der Waals surface area contributed by atoms with Gasteiger partial charge in [0, 0.05) is 13.3 Å². The Morgan fingerprint density at radius 3 is 2.21 bits per heavy atom. The number of hydrogen-bond acceptors (Lipinski definition) is 3. The highest BCUT2D eigenvalue weighted by atomic mass is 35.6. The minimum atomic E-state index is -1.73. The zero-order valence-electron chi connectivity index (χ0n) is 7.09.